The number of ether oxygens (including phenoxy) is 1. The van der Waals surface area contributed by atoms with Crippen LogP contribution in [-0.2, 0) is 4.74 Å². The van der Waals surface area contributed by atoms with Crippen molar-refractivity contribution in [3.8, 4) is 0 Å². The van der Waals surface area contributed by atoms with Gasteiger partial charge in [0.05, 0.1) is 20.3 Å². The summed E-state index contributed by atoms with van der Waals surface area (Å²) >= 11 is 4.83. The van der Waals surface area contributed by atoms with Crippen LogP contribution in [0.25, 0.3) is 0 Å². The predicted octanol–water partition coefficient (Wildman–Crippen LogP) is 0.261. The summed E-state index contributed by atoms with van der Waals surface area (Å²) in [7, 11) is 1.46. The van der Waals surface area contributed by atoms with E-state index < -0.39 is 0 Å². The Morgan fingerprint density at radius 2 is 2.40 bits per heavy atom. The molecule has 1 saturated carbocycles. The quantitative estimate of drug-likeness (QED) is 0.685. The molecule has 0 aromatic rings. The third-order valence-electron chi connectivity index (χ3n) is 2.43. The van der Waals surface area contributed by atoms with Crippen LogP contribution in [0, 0.1) is 11.1 Å². The molecule has 0 radical (unpaired) electrons. The number of nitrogens with one attached hydrogen (secondary N) is 1. The summed E-state index contributed by atoms with van der Waals surface area (Å²) < 4.78 is 4.79. The number of hydrogen-bond donors (Lipinski definition) is 1. The standard InChI is InChI=1S/C8H13N4O2S/c1-14-8(15)10-11-4-7(6-2-3-6)9-5-12(11)13/h6H,2-5H2,1H3,(H,10,15)/q-1. The Morgan fingerprint density at radius 1 is 1.67 bits per heavy atom. The molecule has 0 bridgehead atoms. The van der Waals surface area contributed by atoms with Crippen molar-refractivity contribution in [1.29, 1.82) is 0 Å². The summed E-state index contributed by atoms with van der Waals surface area (Å²) in [6.07, 6.45) is 2.36. The fourth-order valence-corrected chi connectivity index (χ4v) is 1.54. The average Bonchev–Trinajstić information content (AvgIpc) is 3.04. The van der Waals surface area contributed by atoms with Crippen LogP contribution in [0.1, 0.15) is 12.8 Å². The lowest BCUT2D eigenvalue weighted by atomic mass is 10.2. The Balaban J connectivity index is 1.93. The van der Waals surface area contributed by atoms with E-state index in [1.54, 1.807) is 0 Å². The van der Waals surface area contributed by atoms with Crippen molar-refractivity contribution >= 4 is 23.1 Å². The number of hydrogen-bond acceptors (Lipinski definition) is 6. The first-order valence-corrected chi connectivity index (χ1v) is 5.21. The molecule has 15 heavy (non-hydrogen) atoms. The molecule has 0 amide bonds. The molecule has 1 aliphatic heterocycles. The molecule has 1 aliphatic carbocycles. The molecule has 0 aromatic heterocycles. The maximum atomic E-state index is 11.4. The van der Waals surface area contributed by atoms with Crippen molar-refractivity contribution in [2.24, 2.45) is 10.9 Å². The molecule has 1 fully saturated rings. The molecule has 0 aromatic carbocycles. The zero-order valence-corrected chi connectivity index (χ0v) is 9.29. The monoisotopic (exact) mass is 229 g/mol. The van der Waals surface area contributed by atoms with Gasteiger partial charge in [0.2, 0.25) is 0 Å². The summed E-state index contributed by atoms with van der Waals surface area (Å²) in [6, 6.07) is 0. The number of hydrazine groups is 2. The van der Waals surface area contributed by atoms with Crippen molar-refractivity contribution in [3.05, 3.63) is 5.21 Å². The summed E-state index contributed by atoms with van der Waals surface area (Å²) in [5, 5.41) is 13.7. The van der Waals surface area contributed by atoms with Gasteiger partial charge in [0, 0.05) is 5.71 Å². The van der Waals surface area contributed by atoms with Gasteiger partial charge >= 0.3 is 0 Å². The van der Waals surface area contributed by atoms with Crippen LogP contribution >= 0.6 is 12.2 Å². The van der Waals surface area contributed by atoms with E-state index in [9.17, 15) is 5.21 Å². The summed E-state index contributed by atoms with van der Waals surface area (Å²) in [4.78, 5) is 4.22. The van der Waals surface area contributed by atoms with Crippen LogP contribution in [0.15, 0.2) is 4.99 Å². The lowest BCUT2D eigenvalue weighted by Crippen LogP contribution is -2.55. The second-order valence-electron chi connectivity index (χ2n) is 3.58. The van der Waals surface area contributed by atoms with Crippen LogP contribution in [0.5, 0.6) is 0 Å². The van der Waals surface area contributed by atoms with Crippen molar-refractivity contribution in [2.45, 2.75) is 12.8 Å². The second kappa shape index (κ2) is 4.40. The number of aliphatic imine (C=N–C) groups is 1. The van der Waals surface area contributed by atoms with Crippen LogP contribution in [0.4, 0.5) is 0 Å². The fraction of sp³-hybridized carbons (Fsp3) is 0.750. The van der Waals surface area contributed by atoms with Gasteiger partial charge in [0.15, 0.2) is 0 Å². The first-order valence-electron chi connectivity index (χ1n) is 4.80. The molecule has 84 valence electrons. The van der Waals surface area contributed by atoms with Crippen LogP contribution in [0.2, 0.25) is 0 Å². The Labute approximate surface area is 93.4 Å². The van der Waals surface area contributed by atoms with Crippen molar-refractivity contribution in [1.82, 2.24) is 15.7 Å². The van der Waals surface area contributed by atoms with E-state index in [1.807, 2.05) is 0 Å². The minimum absolute atomic E-state index is 0.130. The van der Waals surface area contributed by atoms with Gasteiger partial charge in [0.1, 0.15) is 0 Å². The van der Waals surface area contributed by atoms with Crippen LogP contribution in [-0.4, -0.2) is 41.5 Å². The predicted molar refractivity (Wildman–Crippen MR) is 59.7 cm³/mol. The SMILES string of the molecule is COC(=S)NN1CC(C2CC2)=NCN1[O-]. The van der Waals surface area contributed by atoms with Gasteiger partial charge in [-0.15, -0.1) is 0 Å². The highest BCUT2D eigenvalue weighted by Gasteiger charge is 2.30. The maximum absolute atomic E-state index is 11.4. The van der Waals surface area contributed by atoms with Gasteiger partial charge < -0.3 is 9.94 Å². The van der Waals surface area contributed by atoms with Gasteiger partial charge in [-0.05, 0) is 31.0 Å². The molecular formula is C8H13N4O2S-. The Kier molecular flexibility index (Phi) is 3.15. The molecule has 1 heterocycles. The number of hydroxylamine groups is 1. The zero-order valence-electron chi connectivity index (χ0n) is 8.47. The highest BCUT2D eigenvalue weighted by molar-refractivity contribution is 7.80. The van der Waals surface area contributed by atoms with E-state index >= 15 is 0 Å². The topological polar surface area (TPSA) is 63.2 Å². The molecule has 0 saturated heterocycles. The highest BCUT2D eigenvalue weighted by atomic mass is 32.1. The first kappa shape index (κ1) is 10.7. The molecule has 1 N–H and O–H groups in total. The number of nitrogens with zero attached hydrogens (tertiary/aromatic N) is 3. The van der Waals surface area contributed by atoms with Gasteiger partial charge in [-0.25, -0.2) is 0 Å². The van der Waals surface area contributed by atoms with E-state index in [0.29, 0.717) is 12.5 Å². The first-order chi connectivity index (χ1) is 7.20. The lowest BCUT2D eigenvalue weighted by molar-refractivity contribution is -0.00206. The molecule has 2 aliphatic rings. The largest absolute Gasteiger partial charge is 0.769 e. The Hall–Kier alpha value is -0.760. The van der Waals surface area contributed by atoms with Crippen molar-refractivity contribution in [3.63, 3.8) is 0 Å². The smallest absolute Gasteiger partial charge is 0.272 e. The number of thiocarbonyl (C=S) groups is 1. The zero-order chi connectivity index (χ0) is 10.8. The molecule has 6 nitrogen and oxygen atoms in total. The second-order valence-corrected chi connectivity index (χ2v) is 3.95. The van der Waals surface area contributed by atoms with Crippen LogP contribution in [0.3, 0.4) is 0 Å². The van der Waals surface area contributed by atoms with Gasteiger partial charge in [0.25, 0.3) is 5.17 Å². The van der Waals surface area contributed by atoms with Gasteiger partial charge in [-0.3, -0.25) is 15.6 Å². The fourth-order valence-electron chi connectivity index (χ4n) is 1.43. The lowest BCUT2D eigenvalue weighted by Gasteiger charge is -2.41. The Morgan fingerprint density at radius 3 is 3.00 bits per heavy atom. The Bertz CT molecular complexity index is 292. The molecule has 7 heteroatoms. The number of rotatable bonds is 2. The highest BCUT2D eigenvalue weighted by Crippen LogP contribution is 2.31. The van der Waals surface area contributed by atoms with Gasteiger partial charge in [-0.2, -0.15) is 5.12 Å². The summed E-state index contributed by atoms with van der Waals surface area (Å²) in [6.45, 7) is 0.614. The normalized spacial score (nSPS) is 23.5. The van der Waals surface area contributed by atoms with E-state index in [0.717, 1.165) is 10.9 Å². The third-order valence-corrected chi connectivity index (χ3v) is 2.69. The average molecular weight is 229 g/mol. The molecule has 0 unspecified atom stereocenters. The van der Waals surface area contributed by atoms with E-state index in [1.165, 1.54) is 25.1 Å². The van der Waals surface area contributed by atoms with E-state index in [-0.39, 0.29) is 11.8 Å². The minimum Gasteiger partial charge on any atom is -0.769 e. The molecule has 0 spiro atoms. The van der Waals surface area contributed by atoms with Crippen molar-refractivity contribution < 1.29 is 4.74 Å². The molecule has 0 atom stereocenters. The summed E-state index contributed by atoms with van der Waals surface area (Å²) in [5.74, 6) is 0.569. The molecule has 2 rings (SSSR count). The van der Waals surface area contributed by atoms with Gasteiger partial charge in [-0.1, -0.05) is 0 Å². The van der Waals surface area contributed by atoms with Crippen LogP contribution < -0.4 is 5.43 Å². The van der Waals surface area contributed by atoms with E-state index in [2.05, 4.69) is 10.4 Å². The third kappa shape index (κ3) is 2.63. The minimum atomic E-state index is 0.130. The summed E-state index contributed by atoms with van der Waals surface area (Å²) in [5.41, 5.74) is 3.78. The molecular weight excluding hydrogens is 216 g/mol. The maximum Gasteiger partial charge on any atom is 0.272 e. The van der Waals surface area contributed by atoms with Crippen molar-refractivity contribution in [2.75, 3.05) is 20.3 Å². The number of methoxy groups -OCH3 is 1. The van der Waals surface area contributed by atoms with E-state index in [4.69, 9.17) is 17.0 Å².